The number of nitrogens with one attached hydrogen (secondary N) is 1. The van der Waals surface area contributed by atoms with Crippen LogP contribution >= 0.6 is 0 Å². The molecule has 0 bridgehead atoms. The number of hydrogen-bond acceptors (Lipinski definition) is 6. The van der Waals surface area contributed by atoms with Crippen LogP contribution in [-0.4, -0.2) is 33.0 Å². The average molecular weight is 332 g/mol. The Hall–Kier alpha value is -2.77. The van der Waals surface area contributed by atoms with Gasteiger partial charge in [-0.15, -0.1) is 0 Å². The summed E-state index contributed by atoms with van der Waals surface area (Å²) in [6.45, 7) is 7.34. The average Bonchev–Trinajstić information content (AvgIpc) is 2.49. The molecule has 0 saturated heterocycles. The van der Waals surface area contributed by atoms with Crippen LogP contribution in [0.3, 0.4) is 0 Å². The fourth-order valence-corrected chi connectivity index (χ4v) is 2.41. The molecule has 0 unspecified atom stereocenters. The van der Waals surface area contributed by atoms with E-state index >= 15 is 0 Å². The van der Waals surface area contributed by atoms with Crippen LogP contribution in [0.2, 0.25) is 0 Å². The number of pyridine rings is 1. The number of anilines is 1. The van der Waals surface area contributed by atoms with Crippen molar-refractivity contribution in [2.24, 2.45) is 0 Å². The Bertz CT molecular complexity index is 857. The van der Waals surface area contributed by atoms with Crippen molar-refractivity contribution >= 4 is 28.7 Å². The van der Waals surface area contributed by atoms with Crippen molar-refractivity contribution in [3.8, 4) is 0 Å². The highest BCUT2D eigenvalue weighted by molar-refractivity contribution is 6.00. The van der Waals surface area contributed by atoms with Crippen LogP contribution in [0.4, 0.5) is 5.82 Å². The number of esters is 1. The Balaban J connectivity index is 2.86. The van der Waals surface area contributed by atoms with E-state index in [1.807, 2.05) is 6.92 Å². The summed E-state index contributed by atoms with van der Waals surface area (Å²) < 4.78 is 6.67. The highest BCUT2D eigenvalue weighted by Crippen LogP contribution is 2.19. The smallest absolute Gasteiger partial charge is 0.343 e. The number of hydrogen-bond donors (Lipinski definition) is 1. The number of ether oxygens (including phenoxy) is 1. The second-order valence-electron chi connectivity index (χ2n) is 5.28. The van der Waals surface area contributed by atoms with Crippen LogP contribution in [0.1, 0.15) is 43.4 Å². The number of nitrogens with zero attached hydrogens (tertiary/aromatic N) is 3. The maximum Gasteiger partial charge on any atom is 0.343 e. The van der Waals surface area contributed by atoms with E-state index in [1.165, 1.54) is 13.1 Å². The molecule has 8 heteroatoms. The molecular weight excluding hydrogens is 312 g/mol. The van der Waals surface area contributed by atoms with Gasteiger partial charge < -0.3 is 14.6 Å². The topological polar surface area (TPSA) is 103 Å². The molecule has 2 aromatic heterocycles. The fourth-order valence-electron chi connectivity index (χ4n) is 2.41. The minimum atomic E-state index is -0.705. The number of carbonyl (C=O) groups is 2. The highest BCUT2D eigenvalue weighted by atomic mass is 16.5. The second kappa shape index (κ2) is 7.20. The SMILES string of the molecule is CCCn1cc(C(=O)OCC)c(=O)c2c(NC(C)=O)nc(C)nc21. The third-order valence-corrected chi connectivity index (χ3v) is 3.28. The van der Waals surface area contributed by atoms with Gasteiger partial charge >= 0.3 is 5.97 Å². The number of rotatable bonds is 5. The lowest BCUT2D eigenvalue weighted by Gasteiger charge is -2.14. The third kappa shape index (κ3) is 3.42. The molecule has 128 valence electrons. The van der Waals surface area contributed by atoms with Gasteiger partial charge in [-0.1, -0.05) is 6.92 Å². The van der Waals surface area contributed by atoms with Crippen molar-refractivity contribution in [3.63, 3.8) is 0 Å². The summed E-state index contributed by atoms with van der Waals surface area (Å²) in [4.78, 5) is 44.8. The van der Waals surface area contributed by atoms with E-state index in [9.17, 15) is 14.4 Å². The van der Waals surface area contributed by atoms with Gasteiger partial charge in [0.1, 0.15) is 28.2 Å². The Morgan fingerprint density at radius 1 is 1.29 bits per heavy atom. The van der Waals surface area contributed by atoms with E-state index in [2.05, 4.69) is 15.3 Å². The lowest BCUT2D eigenvalue weighted by molar-refractivity contribution is -0.114. The summed E-state index contributed by atoms with van der Waals surface area (Å²) in [6, 6.07) is 0. The Kier molecular flexibility index (Phi) is 5.28. The van der Waals surface area contributed by atoms with Crippen LogP contribution in [-0.2, 0) is 16.1 Å². The van der Waals surface area contributed by atoms with Gasteiger partial charge in [-0.2, -0.15) is 0 Å². The zero-order chi connectivity index (χ0) is 17.9. The van der Waals surface area contributed by atoms with E-state index in [4.69, 9.17) is 4.74 Å². The molecule has 2 aromatic rings. The molecule has 0 aliphatic rings. The van der Waals surface area contributed by atoms with Crippen LogP contribution in [0.25, 0.3) is 11.0 Å². The predicted octanol–water partition coefficient (Wildman–Crippen LogP) is 1.65. The Morgan fingerprint density at radius 2 is 2.00 bits per heavy atom. The molecule has 0 radical (unpaired) electrons. The lowest BCUT2D eigenvalue weighted by Crippen LogP contribution is -2.24. The lowest BCUT2D eigenvalue weighted by atomic mass is 10.2. The zero-order valence-corrected chi connectivity index (χ0v) is 14.2. The molecule has 0 atom stereocenters. The van der Waals surface area contributed by atoms with E-state index in [0.29, 0.717) is 18.0 Å². The van der Waals surface area contributed by atoms with Crippen molar-refractivity contribution in [3.05, 3.63) is 27.8 Å². The summed E-state index contributed by atoms with van der Waals surface area (Å²) in [7, 11) is 0. The van der Waals surface area contributed by atoms with Crippen molar-refractivity contribution in [1.82, 2.24) is 14.5 Å². The summed E-state index contributed by atoms with van der Waals surface area (Å²) >= 11 is 0. The molecule has 0 fully saturated rings. The van der Waals surface area contributed by atoms with E-state index in [0.717, 1.165) is 6.42 Å². The molecule has 0 aromatic carbocycles. The molecule has 1 N–H and O–H groups in total. The Labute approximate surface area is 138 Å². The van der Waals surface area contributed by atoms with Crippen LogP contribution in [0.5, 0.6) is 0 Å². The summed E-state index contributed by atoms with van der Waals surface area (Å²) in [6.07, 6.45) is 2.23. The van der Waals surface area contributed by atoms with Gasteiger partial charge in [-0.25, -0.2) is 14.8 Å². The zero-order valence-electron chi connectivity index (χ0n) is 14.2. The first-order valence-corrected chi connectivity index (χ1v) is 7.75. The molecule has 1 amide bonds. The molecule has 8 nitrogen and oxygen atoms in total. The molecule has 0 aliphatic carbocycles. The van der Waals surface area contributed by atoms with E-state index in [-0.39, 0.29) is 29.3 Å². The largest absolute Gasteiger partial charge is 0.462 e. The summed E-state index contributed by atoms with van der Waals surface area (Å²) in [5, 5.41) is 2.65. The van der Waals surface area contributed by atoms with Crippen LogP contribution < -0.4 is 10.7 Å². The van der Waals surface area contributed by atoms with Crippen molar-refractivity contribution < 1.29 is 14.3 Å². The van der Waals surface area contributed by atoms with Gasteiger partial charge in [0.2, 0.25) is 11.3 Å². The molecule has 0 aliphatic heterocycles. The maximum absolute atomic E-state index is 12.8. The number of aryl methyl sites for hydroxylation is 2. The van der Waals surface area contributed by atoms with Crippen LogP contribution in [0.15, 0.2) is 11.0 Å². The molecule has 2 heterocycles. The van der Waals surface area contributed by atoms with Gasteiger partial charge in [0, 0.05) is 19.7 Å². The fraction of sp³-hybridized carbons (Fsp3) is 0.438. The van der Waals surface area contributed by atoms with Gasteiger partial charge in [0.15, 0.2) is 0 Å². The molecule has 0 saturated carbocycles. The number of carbonyl (C=O) groups excluding carboxylic acids is 2. The number of aromatic nitrogens is 3. The quantitative estimate of drug-likeness (QED) is 0.835. The van der Waals surface area contributed by atoms with Gasteiger partial charge in [0.05, 0.1) is 6.61 Å². The second-order valence-corrected chi connectivity index (χ2v) is 5.28. The molecule has 24 heavy (non-hydrogen) atoms. The monoisotopic (exact) mass is 332 g/mol. The molecule has 0 spiro atoms. The minimum absolute atomic E-state index is 0.100. The third-order valence-electron chi connectivity index (χ3n) is 3.28. The summed E-state index contributed by atoms with van der Waals surface area (Å²) in [5.41, 5.74) is -0.275. The standard InChI is InChI=1S/C16H20N4O4/c1-5-7-20-8-11(16(23)24-6-2)13(22)12-14(19-10(4)21)17-9(3)18-15(12)20/h8H,5-7H2,1-4H3,(H,17,18,19,21). The number of fused-ring (bicyclic) bond motifs is 1. The van der Waals surface area contributed by atoms with Crippen molar-refractivity contribution in [1.29, 1.82) is 0 Å². The van der Waals surface area contributed by atoms with Crippen LogP contribution in [0, 0.1) is 6.92 Å². The van der Waals surface area contributed by atoms with Crippen molar-refractivity contribution in [2.75, 3.05) is 11.9 Å². The molecular formula is C16H20N4O4. The van der Waals surface area contributed by atoms with Crippen molar-refractivity contribution in [2.45, 2.75) is 40.7 Å². The predicted molar refractivity (Wildman–Crippen MR) is 89.1 cm³/mol. The van der Waals surface area contributed by atoms with E-state index < -0.39 is 11.4 Å². The van der Waals surface area contributed by atoms with E-state index in [1.54, 1.807) is 18.4 Å². The van der Waals surface area contributed by atoms with Gasteiger partial charge in [-0.05, 0) is 20.3 Å². The minimum Gasteiger partial charge on any atom is -0.462 e. The number of amides is 1. The first-order chi connectivity index (χ1) is 11.4. The normalized spacial score (nSPS) is 10.7. The first-order valence-electron chi connectivity index (χ1n) is 7.75. The Morgan fingerprint density at radius 3 is 2.58 bits per heavy atom. The molecule has 2 rings (SSSR count). The first kappa shape index (κ1) is 17.6. The summed E-state index contributed by atoms with van der Waals surface area (Å²) in [5.74, 6) is -0.550. The maximum atomic E-state index is 12.8. The highest BCUT2D eigenvalue weighted by Gasteiger charge is 2.21. The van der Waals surface area contributed by atoms with Gasteiger partial charge in [-0.3, -0.25) is 9.59 Å². The van der Waals surface area contributed by atoms with Gasteiger partial charge in [0.25, 0.3) is 0 Å².